The van der Waals surface area contributed by atoms with Gasteiger partial charge in [-0.3, -0.25) is 4.79 Å². The van der Waals surface area contributed by atoms with Crippen molar-refractivity contribution < 1.29 is 4.79 Å². The molecule has 1 aliphatic rings. The molecule has 150 valence electrons. The highest BCUT2D eigenvalue weighted by molar-refractivity contribution is 6.00. The Morgan fingerprint density at radius 1 is 1.07 bits per heavy atom. The van der Waals surface area contributed by atoms with Gasteiger partial charge in [0.05, 0.1) is 11.3 Å². The number of hydrogen-bond donors (Lipinski definition) is 1. The predicted octanol–water partition coefficient (Wildman–Crippen LogP) is 3.92. The lowest BCUT2D eigenvalue weighted by atomic mass is 9.96. The minimum atomic E-state index is 0.0742. The highest BCUT2D eigenvalue weighted by Gasteiger charge is 2.27. The third kappa shape index (κ3) is 4.25. The average Bonchev–Trinajstić information content (AvgIpc) is 3.21. The van der Waals surface area contributed by atoms with Crippen LogP contribution in [0.5, 0.6) is 0 Å². The normalized spacial score (nSPS) is 14.9. The Balaban J connectivity index is 1.66. The molecule has 29 heavy (non-hydrogen) atoms. The number of nitrogens with zero attached hydrogens (tertiary/aromatic N) is 3. The van der Waals surface area contributed by atoms with Gasteiger partial charge in [0.25, 0.3) is 5.91 Å². The summed E-state index contributed by atoms with van der Waals surface area (Å²) in [6.07, 6.45) is 3.97. The van der Waals surface area contributed by atoms with Gasteiger partial charge in [-0.1, -0.05) is 48.0 Å². The molecule has 0 aliphatic carbocycles. The Labute approximate surface area is 172 Å². The molecule has 4 rings (SSSR count). The molecule has 0 spiro atoms. The monoisotopic (exact) mass is 388 g/mol. The molecule has 1 amide bonds. The second-order valence-electron chi connectivity index (χ2n) is 7.83. The molecular formula is C24H28N4O. The summed E-state index contributed by atoms with van der Waals surface area (Å²) in [6.45, 7) is 4.68. The lowest BCUT2D eigenvalue weighted by molar-refractivity contribution is 0.0691. The number of nitrogens with one attached hydrogen (secondary N) is 1. The number of aromatic nitrogens is 2. The number of carbonyl (C=O) groups is 1. The van der Waals surface area contributed by atoms with E-state index >= 15 is 0 Å². The zero-order valence-electron chi connectivity index (χ0n) is 17.1. The quantitative estimate of drug-likeness (QED) is 0.721. The second-order valence-corrected chi connectivity index (χ2v) is 7.83. The summed E-state index contributed by atoms with van der Waals surface area (Å²) in [5, 5.41) is 8.05. The number of rotatable bonds is 5. The van der Waals surface area contributed by atoms with Gasteiger partial charge in [-0.05, 0) is 51.4 Å². The van der Waals surface area contributed by atoms with Crippen LogP contribution in [0.2, 0.25) is 0 Å². The number of hydrogen-bond acceptors (Lipinski definition) is 3. The zero-order chi connectivity index (χ0) is 20.2. The standard InChI is InChI=1S/C24H28N4O/c1-18-8-10-21(11-9-18)28-17-22(23(26-28)20-6-4-3-5-7-20)24(29)27-14-12-19(13-15-27)16-25-2/h3-11,17,19,25H,12-16H2,1-2H3. The van der Waals surface area contributed by atoms with Crippen molar-refractivity contribution in [3.63, 3.8) is 0 Å². The molecule has 2 heterocycles. The SMILES string of the molecule is CNCC1CCN(C(=O)c2cn(-c3ccc(C)cc3)nc2-c2ccccc2)CC1. The van der Waals surface area contributed by atoms with E-state index in [2.05, 4.69) is 24.4 Å². The summed E-state index contributed by atoms with van der Waals surface area (Å²) in [5.74, 6) is 0.720. The maximum Gasteiger partial charge on any atom is 0.257 e. The van der Waals surface area contributed by atoms with Crippen LogP contribution in [0.15, 0.2) is 60.8 Å². The maximum absolute atomic E-state index is 13.4. The van der Waals surface area contributed by atoms with Crippen LogP contribution in [-0.4, -0.2) is 47.3 Å². The fraction of sp³-hybridized carbons (Fsp3) is 0.333. The van der Waals surface area contributed by atoms with Crippen LogP contribution < -0.4 is 5.32 Å². The van der Waals surface area contributed by atoms with Crippen LogP contribution in [0.25, 0.3) is 16.9 Å². The Morgan fingerprint density at radius 2 is 1.76 bits per heavy atom. The topological polar surface area (TPSA) is 50.2 Å². The molecule has 5 nitrogen and oxygen atoms in total. The number of likely N-dealkylation sites (tertiary alicyclic amines) is 1. The Bertz CT molecular complexity index is 954. The molecule has 0 atom stereocenters. The van der Waals surface area contributed by atoms with Gasteiger partial charge in [0.15, 0.2) is 0 Å². The van der Waals surface area contributed by atoms with Gasteiger partial charge in [0.1, 0.15) is 5.69 Å². The average molecular weight is 389 g/mol. The number of amides is 1. The van der Waals surface area contributed by atoms with E-state index < -0.39 is 0 Å². The van der Waals surface area contributed by atoms with Crippen molar-refractivity contribution in [1.29, 1.82) is 0 Å². The summed E-state index contributed by atoms with van der Waals surface area (Å²) in [6, 6.07) is 18.2. The number of piperidine rings is 1. The highest BCUT2D eigenvalue weighted by atomic mass is 16.2. The van der Waals surface area contributed by atoms with Crippen molar-refractivity contribution in [2.75, 3.05) is 26.7 Å². The summed E-state index contributed by atoms with van der Waals surface area (Å²) in [7, 11) is 1.99. The molecule has 2 aromatic carbocycles. The van der Waals surface area contributed by atoms with Crippen molar-refractivity contribution >= 4 is 5.91 Å². The number of carbonyl (C=O) groups excluding carboxylic acids is 1. The van der Waals surface area contributed by atoms with Crippen molar-refractivity contribution in [2.24, 2.45) is 5.92 Å². The van der Waals surface area contributed by atoms with E-state index in [9.17, 15) is 4.79 Å². The van der Waals surface area contributed by atoms with Crippen LogP contribution in [0.3, 0.4) is 0 Å². The molecule has 1 saturated heterocycles. The van der Waals surface area contributed by atoms with Gasteiger partial charge in [-0.15, -0.1) is 0 Å². The first-order chi connectivity index (χ1) is 14.2. The Hall–Kier alpha value is -2.92. The third-order valence-electron chi connectivity index (χ3n) is 5.68. The lowest BCUT2D eigenvalue weighted by Crippen LogP contribution is -2.40. The smallest absolute Gasteiger partial charge is 0.257 e. The van der Waals surface area contributed by atoms with Crippen molar-refractivity contribution in [3.8, 4) is 16.9 Å². The molecule has 0 saturated carbocycles. The largest absolute Gasteiger partial charge is 0.339 e. The second kappa shape index (κ2) is 8.62. The van der Waals surface area contributed by atoms with E-state index in [4.69, 9.17) is 5.10 Å². The minimum absolute atomic E-state index is 0.0742. The number of aryl methyl sites for hydroxylation is 1. The molecule has 0 unspecified atom stereocenters. The van der Waals surface area contributed by atoms with Gasteiger partial charge in [0, 0.05) is 24.8 Å². The molecule has 0 radical (unpaired) electrons. The fourth-order valence-corrected chi connectivity index (χ4v) is 3.97. The van der Waals surface area contributed by atoms with E-state index in [1.165, 1.54) is 5.56 Å². The van der Waals surface area contributed by atoms with E-state index in [0.29, 0.717) is 11.5 Å². The molecule has 1 aliphatic heterocycles. The molecule has 1 fully saturated rings. The first-order valence-corrected chi connectivity index (χ1v) is 10.3. The van der Waals surface area contributed by atoms with Gasteiger partial charge in [0.2, 0.25) is 0 Å². The van der Waals surface area contributed by atoms with Crippen LogP contribution >= 0.6 is 0 Å². The highest BCUT2D eigenvalue weighted by Crippen LogP contribution is 2.27. The summed E-state index contributed by atoms with van der Waals surface area (Å²) in [5.41, 5.74) is 4.54. The molecule has 1 aromatic heterocycles. The minimum Gasteiger partial charge on any atom is -0.339 e. The molecule has 3 aromatic rings. The van der Waals surface area contributed by atoms with E-state index in [-0.39, 0.29) is 5.91 Å². The summed E-state index contributed by atoms with van der Waals surface area (Å²) < 4.78 is 1.82. The Morgan fingerprint density at radius 3 is 2.41 bits per heavy atom. The lowest BCUT2D eigenvalue weighted by Gasteiger charge is -2.31. The van der Waals surface area contributed by atoms with Crippen LogP contribution in [-0.2, 0) is 0 Å². The van der Waals surface area contributed by atoms with Crippen LogP contribution in [0.1, 0.15) is 28.8 Å². The fourth-order valence-electron chi connectivity index (χ4n) is 3.97. The van der Waals surface area contributed by atoms with Crippen molar-refractivity contribution in [2.45, 2.75) is 19.8 Å². The first kappa shape index (κ1) is 19.4. The molecule has 1 N–H and O–H groups in total. The molecular weight excluding hydrogens is 360 g/mol. The molecule has 0 bridgehead atoms. The van der Waals surface area contributed by atoms with Crippen LogP contribution in [0.4, 0.5) is 0 Å². The van der Waals surface area contributed by atoms with Gasteiger partial charge >= 0.3 is 0 Å². The van der Waals surface area contributed by atoms with Gasteiger partial charge < -0.3 is 10.2 Å². The predicted molar refractivity (Wildman–Crippen MR) is 116 cm³/mol. The molecule has 5 heteroatoms. The Kier molecular flexibility index (Phi) is 5.76. The van der Waals surface area contributed by atoms with Gasteiger partial charge in [-0.2, -0.15) is 5.10 Å². The van der Waals surface area contributed by atoms with Crippen molar-refractivity contribution in [1.82, 2.24) is 20.0 Å². The number of benzene rings is 2. The van der Waals surface area contributed by atoms with E-state index in [1.54, 1.807) is 0 Å². The summed E-state index contributed by atoms with van der Waals surface area (Å²) >= 11 is 0. The van der Waals surface area contributed by atoms with Gasteiger partial charge in [-0.25, -0.2) is 4.68 Å². The summed E-state index contributed by atoms with van der Waals surface area (Å²) in [4.78, 5) is 15.4. The first-order valence-electron chi connectivity index (χ1n) is 10.3. The maximum atomic E-state index is 13.4. The van der Waals surface area contributed by atoms with Crippen molar-refractivity contribution in [3.05, 3.63) is 71.9 Å². The third-order valence-corrected chi connectivity index (χ3v) is 5.68. The van der Waals surface area contributed by atoms with Crippen LogP contribution in [0, 0.1) is 12.8 Å². The van der Waals surface area contributed by atoms with E-state index in [1.807, 2.05) is 65.3 Å². The zero-order valence-corrected chi connectivity index (χ0v) is 17.1. The van der Waals surface area contributed by atoms with E-state index in [0.717, 1.165) is 49.4 Å².